The normalized spacial score (nSPS) is 18.1. The quantitative estimate of drug-likeness (QED) is 0.522. The third-order valence-corrected chi connectivity index (χ3v) is 7.56. The van der Waals surface area contributed by atoms with Crippen LogP contribution in [0.2, 0.25) is 0 Å². The molecular weight excluding hydrogens is 384 g/mol. The van der Waals surface area contributed by atoms with E-state index in [0.717, 1.165) is 11.1 Å². The first-order valence-corrected chi connectivity index (χ1v) is 11.5. The van der Waals surface area contributed by atoms with Crippen molar-refractivity contribution in [2.45, 2.75) is 11.7 Å². The summed E-state index contributed by atoms with van der Waals surface area (Å²) in [7, 11) is -2.96. The standard InChI is InChI=1S/C20H20O5S2/c21-19(12-25-20(22)13-26-18-10-11-27(23,24)14-18)17-8-6-16(7-9-17)15-4-2-1-3-5-15/h1-9,18H,10-14H2/t18-/m0/s1. The molecule has 0 N–H and O–H groups in total. The topological polar surface area (TPSA) is 77.5 Å². The summed E-state index contributed by atoms with van der Waals surface area (Å²) < 4.78 is 27.8. The minimum atomic E-state index is -2.96. The first-order chi connectivity index (χ1) is 12.9. The fourth-order valence-electron chi connectivity index (χ4n) is 2.83. The van der Waals surface area contributed by atoms with Gasteiger partial charge in [0.05, 0.1) is 17.3 Å². The third kappa shape index (κ3) is 5.68. The number of rotatable bonds is 7. The van der Waals surface area contributed by atoms with Crippen molar-refractivity contribution in [3.8, 4) is 11.1 Å². The number of hydrogen-bond donors (Lipinski definition) is 0. The summed E-state index contributed by atoms with van der Waals surface area (Å²) in [6, 6.07) is 17.0. The number of esters is 1. The first kappa shape index (κ1) is 19.6. The molecule has 7 heteroatoms. The molecule has 1 fully saturated rings. The van der Waals surface area contributed by atoms with Gasteiger partial charge in [-0.2, -0.15) is 0 Å². The molecule has 0 bridgehead atoms. The van der Waals surface area contributed by atoms with E-state index in [0.29, 0.717) is 12.0 Å². The second-order valence-electron chi connectivity index (χ2n) is 6.36. The Bertz CT molecular complexity index is 905. The van der Waals surface area contributed by atoms with Gasteiger partial charge in [0.25, 0.3) is 0 Å². The average Bonchev–Trinajstić information content (AvgIpc) is 3.04. The average molecular weight is 405 g/mol. The molecule has 0 radical (unpaired) electrons. The monoisotopic (exact) mass is 404 g/mol. The van der Waals surface area contributed by atoms with Gasteiger partial charge in [0.1, 0.15) is 0 Å². The molecule has 1 aliphatic rings. The van der Waals surface area contributed by atoms with Crippen molar-refractivity contribution < 1.29 is 22.7 Å². The van der Waals surface area contributed by atoms with Gasteiger partial charge in [0, 0.05) is 10.8 Å². The molecule has 0 unspecified atom stereocenters. The van der Waals surface area contributed by atoms with Crippen molar-refractivity contribution in [1.29, 1.82) is 0 Å². The van der Waals surface area contributed by atoms with Crippen LogP contribution in [0.25, 0.3) is 11.1 Å². The summed E-state index contributed by atoms with van der Waals surface area (Å²) >= 11 is 1.28. The Morgan fingerprint density at radius 1 is 1.00 bits per heavy atom. The predicted molar refractivity (Wildman–Crippen MR) is 107 cm³/mol. The molecule has 1 aliphatic heterocycles. The summed E-state index contributed by atoms with van der Waals surface area (Å²) in [6.45, 7) is -0.312. The van der Waals surface area contributed by atoms with Crippen molar-refractivity contribution in [3.63, 3.8) is 0 Å². The van der Waals surface area contributed by atoms with Crippen LogP contribution < -0.4 is 0 Å². The highest BCUT2D eigenvalue weighted by Crippen LogP contribution is 2.24. The number of ether oxygens (including phenoxy) is 1. The Morgan fingerprint density at radius 3 is 2.30 bits per heavy atom. The van der Waals surface area contributed by atoms with E-state index in [4.69, 9.17) is 4.74 Å². The molecule has 0 amide bonds. The van der Waals surface area contributed by atoms with Gasteiger partial charge in [-0.15, -0.1) is 11.8 Å². The number of ketones is 1. The van der Waals surface area contributed by atoms with Crippen molar-refractivity contribution in [2.75, 3.05) is 23.9 Å². The smallest absolute Gasteiger partial charge is 0.316 e. The fourth-order valence-corrected chi connectivity index (χ4v) is 6.27. The van der Waals surface area contributed by atoms with Crippen LogP contribution >= 0.6 is 11.8 Å². The highest BCUT2D eigenvalue weighted by Gasteiger charge is 2.28. The molecule has 5 nitrogen and oxygen atoms in total. The predicted octanol–water partition coefficient (Wildman–Crippen LogP) is 3.00. The summed E-state index contributed by atoms with van der Waals surface area (Å²) in [4.78, 5) is 24.0. The minimum absolute atomic E-state index is 0.0560. The molecule has 142 valence electrons. The van der Waals surface area contributed by atoms with Gasteiger partial charge >= 0.3 is 5.97 Å². The minimum Gasteiger partial charge on any atom is -0.457 e. The van der Waals surface area contributed by atoms with Gasteiger partial charge in [-0.25, -0.2) is 8.42 Å². The van der Waals surface area contributed by atoms with Crippen LogP contribution in [-0.2, 0) is 19.4 Å². The molecular formula is C20H20O5S2. The molecule has 1 heterocycles. The maximum atomic E-state index is 12.2. The van der Waals surface area contributed by atoms with Gasteiger partial charge in [0.2, 0.25) is 0 Å². The molecule has 2 aromatic rings. The highest BCUT2D eigenvalue weighted by atomic mass is 32.2. The summed E-state index contributed by atoms with van der Waals surface area (Å²) in [6.07, 6.45) is 0.562. The summed E-state index contributed by atoms with van der Waals surface area (Å²) in [5, 5.41) is -0.0659. The Kier molecular flexibility index (Phi) is 6.34. The molecule has 27 heavy (non-hydrogen) atoms. The van der Waals surface area contributed by atoms with Gasteiger partial charge in [0.15, 0.2) is 22.2 Å². The molecule has 0 saturated carbocycles. The number of Topliss-reactive ketones (excluding diaryl/α,β-unsaturated/α-hetero) is 1. The fraction of sp³-hybridized carbons (Fsp3) is 0.300. The second-order valence-corrected chi connectivity index (χ2v) is 9.88. The van der Waals surface area contributed by atoms with E-state index in [9.17, 15) is 18.0 Å². The van der Waals surface area contributed by atoms with Crippen LogP contribution in [-0.4, -0.2) is 49.3 Å². The van der Waals surface area contributed by atoms with Gasteiger partial charge < -0.3 is 4.74 Å². The molecule has 3 rings (SSSR count). The molecule has 2 aromatic carbocycles. The Hall–Kier alpha value is -2.12. The Labute approximate surface area is 163 Å². The summed E-state index contributed by atoms with van der Waals surface area (Å²) in [5.74, 6) is -0.426. The lowest BCUT2D eigenvalue weighted by Gasteiger charge is -2.08. The zero-order valence-electron chi connectivity index (χ0n) is 14.7. The molecule has 0 aliphatic carbocycles. The van der Waals surface area contributed by atoms with Crippen molar-refractivity contribution in [1.82, 2.24) is 0 Å². The van der Waals surface area contributed by atoms with Crippen molar-refractivity contribution in [3.05, 3.63) is 60.2 Å². The molecule has 0 aromatic heterocycles. The van der Waals surface area contributed by atoms with E-state index in [1.165, 1.54) is 11.8 Å². The largest absolute Gasteiger partial charge is 0.457 e. The lowest BCUT2D eigenvalue weighted by atomic mass is 10.0. The molecule has 1 atom stereocenters. The van der Waals surface area contributed by atoms with Crippen LogP contribution in [0.4, 0.5) is 0 Å². The van der Waals surface area contributed by atoms with Crippen LogP contribution in [0.15, 0.2) is 54.6 Å². The van der Waals surface area contributed by atoms with E-state index < -0.39 is 15.8 Å². The van der Waals surface area contributed by atoms with E-state index >= 15 is 0 Å². The SMILES string of the molecule is O=C(CS[C@H]1CCS(=O)(=O)C1)OCC(=O)c1ccc(-c2ccccc2)cc1. The van der Waals surface area contributed by atoms with Crippen molar-refractivity contribution >= 4 is 33.4 Å². The zero-order chi connectivity index (χ0) is 19.3. The molecule has 1 saturated heterocycles. The highest BCUT2D eigenvalue weighted by molar-refractivity contribution is 8.02. The lowest BCUT2D eigenvalue weighted by molar-refractivity contribution is -0.139. The number of benzene rings is 2. The van der Waals surface area contributed by atoms with Gasteiger partial charge in [-0.05, 0) is 17.5 Å². The van der Waals surface area contributed by atoms with Crippen molar-refractivity contribution in [2.24, 2.45) is 0 Å². The number of carbonyl (C=O) groups is 2. The second kappa shape index (κ2) is 8.71. The van der Waals surface area contributed by atoms with E-state index in [-0.39, 0.29) is 34.9 Å². The number of hydrogen-bond acceptors (Lipinski definition) is 6. The number of sulfone groups is 1. The van der Waals surface area contributed by atoms with Crippen LogP contribution in [0.3, 0.4) is 0 Å². The van der Waals surface area contributed by atoms with E-state index in [2.05, 4.69) is 0 Å². The molecule has 0 spiro atoms. The van der Waals surface area contributed by atoms with E-state index in [1.54, 1.807) is 12.1 Å². The Morgan fingerprint density at radius 2 is 1.67 bits per heavy atom. The Balaban J connectivity index is 1.45. The first-order valence-electron chi connectivity index (χ1n) is 8.59. The number of thioether (sulfide) groups is 1. The lowest BCUT2D eigenvalue weighted by Crippen LogP contribution is -2.17. The van der Waals surface area contributed by atoms with Gasteiger partial charge in [-0.3, -0.25) is 9.59 Å². The number of carbonyl (C=O) groups excluding carboxylic acids is 2. The van der Waals surface area contributed by atoms with Crippen LogP contribution in [0.5, 0.6) is 0 Å². The van der Waals surface area contributed by atoms with Crippen LogP contribution in [0, 0.1) is 0 Å². The third-order valence-electron chi connectivity index (χ3n) is 4.31. The maximum absolute atomic E-state index is 12.2. The summed E-state index contributed by atoms with van der Waals surface area (Å²) in [5.41, 5.74) is 2.55. The zero-order valence-corrected chi connectivity index (χ0v) is 16.3. The van der Waals surface area contributed by atoms with Crippen LogP contribution in [0.1, 0.15) is 16.8 Å². The maximum Gasteiger partial charge on any atom is 0.316 e. The van der Waals surface area contributed by atoms with Gasteiger partial charge in [-0.1, -0.05) is 54.6 Å². The van der Waals surface area contributed by atoms with E-state index in [1.807, 2.05) is 42.5 Å².